The Kier molecular flexibility index (Phi) is 9.73. The third kappa shape index (κ3) is 7.87. The van der Waals surface area contributed by atoms with Gasteiger partial charge in [-0.25, -0.2) is 13.6 Å². The van der Waals surface area contributed by atoms with Gasteiger partial charge in [0.05, 0.1) is 18.0 Å². The number of amides is 3. The molecule has 0 unspecified atom stereocenters. The van der Waals surface area contributed by atoms with E-state index in [-0.39, 0.29) is 29.4 Å². The van der Waals surface area contributed by atoms with Crippen LogP contribution in [0.1, 0.15) is 28.0 Å². The zero-order valence-electron chi connectivity index (χ0n) is 20.8. The van der Waals surface area contributed by atoms with Gasteiger partial charge in [0, 0.05) is 52.1 Å². The SMILES string of the molecule is CNC(=O)c1cc(Oc2ccc(CNC(=O)Nc3cc(C(F)F)ccc3N(C)CCOC)cc2)ccn1. The fraction of sp³-hybridized carbons (Fsp3) is 0.269. The van der Waals surface area contributed by atoms with E-state index >= 15 is 0 Å². The minimum Gasteiger partial charge on any atom is -0.457 e. The molecule has 0 saturated carbocycles. The maximum absolute atomic E-state index is 13.2. The molecule has 3 amide bonds. The first-order valence-corrected chi connectivity index (χ1v) is 11.4. The van der Waals surface area contributed by atoms with Crippen LogP contribution < -0.4 is 25.6 Å². The van der Waals surface area contributed by atoms with E-state index in [1.165, 1.54) is 31.4 Å². The number of halogens is 2. The van der Waals surface area contributed by atoms with Gasteiger partial charge in [0.1, 0.15) is 17.2 Å². The molecule has 3 rings (SSSR count). The summed E-state index contributed by atoms with van der Waals surface area (Å²) in [5.74, 6) is 0.672. The number of rotatable bonds is 11. The fourth-order valence-electron chi connectivity index (χ4n) is 3.36. The summed E-state index contributed by atoms with van der Waals surface area (Å²) in [7, 11) is 4.88. The summed E-state index contributed by atoms with van der Waals surface area (Å²) in [4.78, 5) is 30.1. The Morgan fingerprint density at radius 2 is 1.81 bits per heavy atom. The molecule has 0 spiro atoms. The van der Waals surface area contributed by atoms with Crippen LogP contribution in [0.3, 0.4) is 0 Å². The third-order valence-corrected chi connectivity index (χ3v) is 5.37. The minimum absolute atomic E-state index is 0.188. The molecule has 37 heavy (non-hydrogen) atoms. The first-order chi connectivity index (χ1) is 17.8. The molecule has 196 valence electrons. The van der Waals surface area contributed by atoms with Crippen molar-refractivity contribution in [3.8, 4) is 11.5 Å². The Morgan fingerprint density at radius 3 is 2.49 bits per heavy atom. The number of aromatic nitrogens is 1. The van der Waals surface area contributed by atoms with E-state index in [0.717, 1.165) is 5.56 Å². The molecule has 0 aliphatic carbocycles. The van der Waals surface area contributed by atoms with Gasteiger partial charge in [0.2, 0.25) is 0 Å². The van der Waals surface area contributed by atoms with Crippen LogP contribution in [0, 0.1) is 0 Å². The molecule has 11 heteroatoms. The van der Waals surface area contributed by atoms with Gasteiger partial charge < -0.3 is 30.3 Å². The average Bonchev–Trinajstić information content (AvgIpc) is 2.91. The number of nitrogens with one attached hydrogen (secondary N) is 3. The maximum atomic E-state index is 13.2. The van der Waals surface area contributed by atoms with Gasteiger partial charge in [-0.15, -0.1) is 0 Å². The van der Waals surface area contributed by atoms with Crippen LogP contribution >= 0.6 is 0 Å². The fourth-order valence-corrected chi connectivity index (χ4v) is 3.36. The summed E-state index contributed by atoms with van der Waals surface area (Å²) in [5, 5.41) is 7.90. The normalized spacial score (nSPS) is 10.6. The monoisotopic (exact) mass is 513 g/mol. The second-order valence-corrected chi connectivity index (χ2v) is 8.00. The van der Waals surface area contributed by atoms with E-state index in [0.29, 0.717) is 30.3 Å². The molecule has 3 N–H and O–H groups in total. The highest BCUT2D eigenvalue weighted by atomic mass is 19.3. The smallest absolute Gasteiger partial charge is 0.319 e. The quantitative estimate of drug-likeness (QED) is 0.347. The second kappa shape index (κ2) is 13.2. The number of methoxy groups -OCH3 is 1. The highest BCUT2D eigenvalue weighted by Gasteiger charge is 2.15. The predicted molar refractivity (Wildman–Crippen MR) is 137 cm³/mol. The van der Waals surface area contributed by atoms with Gasteiger partial charge in [-0.1, -0.05) is 18.2 Å². The van der Waals surface area contributed by atoms with E-state index in [9.17, 15) is 18.4 Å². The zero-order chi connectivity index (χ0) is 26.8. The highest BCUT2D eigenvalue weighted by molar-refractivity contribution is 5.93. The van der Waals surface area contributed by atoms with Crippen molar-refractivity contribution >= 4 is 23.3 Å². The molecule has 0 bridgehead atoms. The number of carbonyl (C=O) groups excluding carboxylic acids is 2. The van der Waals surface area contributed by atoms with Crippen LogP contribution in [0.4, 0.5) is 25.0 Å². The number of urea groups is 1. The van der Waals surface area contributed by atoms with Crippen molar-refractivity contribution in [1.82, 2.24) is 15.6 Å². The number of hydrogen-bond donors (Lipinski definition) is 3. The lowest BCUT2D eigenvalue weighted by Crippen LogP contribution is -2.30. The number of carbonyl (C=O) groups is 2. The predicted octanol–water partition coefficient (Wildman–Crippen LogP) is 4.58. The van der Waals surface area contributed by atoms with Gasteiger partial charge in [-0.3, -0.25) is 9.78 Å². The van der Waals surface area contributed by atoms with Crippen LogP contribution in [0.2, 0.25) is 0 Å². The van der Waals surface area contributed by atoms with Crippen molar-refractivity contribution in [1.29, 1.82) is 0 Å². The van der Waals surface area contributed by atoms with Gasteiger partial charge in [-0.05, 0) is 35.9 Å². The van der Waals surface area contributed by atoms with Crippen molar-refractivity contribution in [2.45, 2.75) is 13.0 Å². The topological polar surface area (TPSA) is 105 Å². The van der Waals surface area contributed by atoms with Crippen LogP contribution in [-0.2, 0) is 11.3 Å². The first kappa shape index (κ1) is 27.3. The summed E-state index contributed by atoms with van der Waals surface area (Å²) in [6, 6.07) is 13.8. The van der Waals surface area contributed by atoms with Gasteiger partial charge >= 0.3 is 6.03 Å². The molecular weight excluding hydrogens is 484 g/mol. The molecular formula is C26H29F2N5O4. The second-order valence-electron chi connectivity index (χ2n) is 8.00. The van der Waals surface area contributed by atoms with Gasteiger partial charge in [0.25, 0.3) is 12.3 Å². The number of likely N-dealkylation sites (N-methyl/N-ethyl adjacent to an activating group) is 1. The molecule has 3 aromatic rings. The summed E-state index contributed by atoms with van der Waals surface area (Å²) in [5.41, 5.74) is 1.70. The molecule has 2 aromatic carbocycles. The lowest BCUT2D eigenvalue weighted by atomic mass is 10.1. The molecule has 0 aliphatic heterocycles. The Labute approximate surface area is 213 Å². The standard InChI is InChI=1S/C26H29F2N5O4/c1-29-25(34)22-15-20(10-11-30-22)37-19-7-4-17(5-8-19)16-31-26(35)32-21-14-18(24(27)28)6-9-23(21)33(2)12-13-36-3/h4-11,14-15,24H,12-13,16H2,1-3H3,(H,29,34)(H2,31,32,35). The summed E-state index contributed by atoms with van der Waals surface area (Å²) in [6.07, 6.45) is -1.18. The molecule has 0 atom stereocenters. The number of hydrogen-bond acceptors (Lipinski definition) is 6. The lowest BCUT2D eigenvalue weighted by Gasteiger charge is -2.23. The van der Waals surface area contributed by atoms with Crippen LogP contribution in [0.5, 0.6) is 11.5 Å². The number of nitrogens with zero attached hydrogens (tertiary/aromatic N) is 2. The molecule has 0 radical (unpaired) electrons. The molecule has 1 aromatic heterocycles. The van der Waals surface area contributed by atoms with E-state index in [1.807, 2.05) is 4.90 Å². The van der Waals surface area contributed by atoms with Crippen LogP contribution in [0.15, 0.2) is 60.8 Å². The summed E-state index contributed by atoms with van der Waals surface area (Å²) in [6.45, 7) is 1.16. The highest BCUT2D eigenvalue weighted by Crippen LogP contribution is 2.30. The third-order valence-electron chi connectivity index (χ3n) is 5.37. The van der Waals surface area contributed by atoms with Crippen molar-refractivity contribution in [2.24, 2.45) is 0 Å². The Hall–Kier alpha value is -4.25. The van der Waals surface area contributed by atoms with Gasteiger partial charge in [0.15, 0.2) is 0 Å². The van der Waals surface area contributed by atoms with Crippen molar-refractivity contribution in [3.05, 3.63) is 77.6 Å². The largest absolute Gasteiger partial charge is 0.457 e. The Morgan fingerprint density at radius 1 is 1.05 bits per heavy atom. The zero-order valence-corrected chi connectivity index (χ0v) is 20.8. The number of pyridine rings is 1. The maximum Gasteiger partial charge on any atom is 0.319 e. The lowest BCUT2D eigenvalue weighted by molar-refractivity contribution is 0.0957. The molecule has 9 nitrogen and oxygen atoms in total. The summed E-state index contributed by atoms with van der Waals surface area (Å²) < 4.78 is 37.3. The van der Waals surface area contributed by atoms with E-state index < -0.39 is 12.5 Å². The Bertz CT molecular complexity index is 1210. The van der Waals surface area contributed by atoms with E-state index in [2.05, 4.69) is 20.9 Å². The number of anilines is 2. The van der Waals surface area contributed by atoms with Gasteiger partial charge in [-0.2, -0.15) is 0 Å². The number of ether oxygens (including phenoxy) is 2. The van der Waals surface area contributed by atoms with Crippen LogP contribution in [-0.4, -0.2) is 51.3 Å². The van der Waals surface area contributed by atoms with E-state index in [4.69, 9.17) is 9.47 Å². The van der Waals surface area contributed by atoms with Crippen molar-refractivity contribution in [2.75, 3.05) is 44.6 Å². The number of benzene rings is 2. The minimum atomic E-state index is -2.66. The first-order valence-electron chi connectivity index (χ1n) is 11.4. The Balaban J connectivity index is 1.61. The van der Waals surface area contributed by atoms with E-state index in [1.54, 1.807) is 50.6 Å². The number of alkyl halides is 2. The van der Waals surface area contributed by atoms with Crippen molar-refractivity contribution < 1.29 is 27.8 Å². The van der Waals surface area contributed by atoms with Crippen molar-refractivity contribution in [3.63, 3.8) is 0 Å². The molecule has 0 saturated heterocycles. The average molecular weight is 514 g/mol. The summed E-state index contributed by atoms with van der Waals surface area (Å²) >= 11 is 0. The molecule has 0 aliphatic rings. The van der Waals surface area contributed by atoms with Crippen LogP contribution in [0.25, 0.3) is 0 Å². The molecule has 0 fully saturated rings. The molecule has 1 heterocycles.